The summed E-state index contributed by atoms with van der Waals surface area (Å²) in [6.07, 6.45) is 4.00. The quantitative estimate of drug-likeness (QED) is 0.765. The van der Waals surface area contributed by atoms with Gasteiger partial charge in [-0.3, -0.25) is 0 Å². The van der Waals surface area contributed by atoms with Gasteiger partial charge in [-0.15, -0.1) is 10.2 Å². The van der Waals surface area contributed by atoms with Gasteiger partial charge in [0.1, 0.15) is 5.75 Å². The number of rotatable bonds is 7. The maximum Gasteiger partial charge on any atom is 0.206 e. The monoisotopic (exact) mass is 351 g/mol. The highest BCUT2D eigenvalue weighted by Crippen LogP contribution is 2.28. The van der Waals surface area contributed by atoms with Crippen molar-refractivity contribution in [1.82, 2.24) is 10.2 Å². The molecule has 1 aromatic carbocycles. The largest absolute Gasteiger partial charge is 0.497 e. The molecule has 1 aliphatic heterocycles. The molecule has 0 amide bonds. The molecule has 124 valence electrons. The van der Waals surface area contributed by atoms with Crippen molar-refractivity contribution >= 4 is 28.2 Å². The number of anilines is 1. The Balaban J connectivity index is 1.44. The topological polar surface area (TPSA) is 56.3 Å². The standard InChI is InChI=1S/C16H21N3O2S2/c1-20-13-7-5-12(6-8-13)10-17-15-18-19-16(23-15)22-11-14-4-2-3-9-21-14/h5-8,14H,2-4,9-11H2,1H3,(H,17,18)/t14-/m0/s1. The van der Waals surface area contributed by atoms with Crippen molar-refractivity contribution in [2.24, 2.45) is 0 Å². The second kappa shape index (κ2) is 8.52. The highest BCUT2D eigenvalue weighted by atomic mass is 32.2. The number of hydrogen-bond donors (Lipinski definition) is 1. The van der Waals surface area contributed by atoms with E-state index in [2.05, 4.69) is 15.5 Å². The van der Waals surface area contributed by atoms with Crippen LogP contribution in [0.2, 0.25) is 0 Å². The van der Waals surface area contributed by atoms with Crippen LogP contribution in [0.3, 0.4) is 0 Å². The predicted octanol–water partition coefficient (Wildman–Crippen LogP) is 3.82. The molecule has 0 bridgehead atoms. The number of ether oxygens (including phenoxy) is 2. The van der Waals surface area contributed by atoms with Gasteiger partial charge in [0, 0.05) is 18.9 Å². The molecule has 1 atom stereocenters. The first kappa shape index (κ1) is 16.5. The molecular weight excluding hydrogens is 330 g/mol. The van der Waals surface area contributed by atoms with E-state index in [-0.39, 0.29) is 0 Å². The lowest BCUT2D eigenvalue weighted by atomic mass is 10.1. The Morgan fingerprint density at radius 2 is 2.17 bits per heavy atom. The zero-order chi connectivity index (χ0) is 15.9. The van der Waals surface area contributed by atoms with Gasteiger partial charge in [0.2, 0.25) is 5.13 Å². The minimum Gasteiger partial charge on any atom is -0.497 e. The fourth-order valence-electron chi connectivity index (χ4n) is 2.36. The van der Waals surface area contributed by atoms with Gasteiger partial charge in [0.25, 0.3) is 0 Å². The molecule has 1 saturated heterocycles. The van der Waals surface area contributed by atoms with Gasteiger partial charge in [-0.05, 0) is 37.0 Å². The maximum absolute atomic E-state index is 5.74. The van der Waals surface area contributed by atoms with Crippen LogP contribution in [0.25, 0.3) is 0 Å². The predicted molar refractivity (Wildman–Crippen MR) is 94.5 cm³/mol. The zero-order valence-electron chi connectivity index (χ0n) is 13.2. The Hall–Kier alpha value is -1.31. The number of benzene rings is 1. The van der Waals surface area contributed by atoms with Crippen LogP contribution in [-0.4, -0.2) is 35.8 Å². The molecule has 3 rings (SSSR count). The number of hydrogen-bond acceptors (Lipinski definition) is 7. The Bertz CT molecular complexity index is 598. The number of thioether (sulfide) groups is 1. The second-order valence-electron chi connectivity index (χ2n) is 5.37. The molecule has 0 saturated carbocycles. The summed E-state index contributed by atoms with van der Waals surface area (Å²) in [6.45, 7) is 1.63. The molecule has 2 heterocycles. The van der Waals surface area contributed by atoms with Gasteiger partial charge in [-0.2, -0.15) is 0 Å². The van der Waals surface area contributed by atoms with E-state index in [1.165, 1.54) is 18.4 Å². The summed E-state index contributed by atoms with van der Waals surface area (Å²) < 4.78 is 11.9. The van der Waals surface area contributed by atoms with Crippen molar-refractivity contribution < 1.29 is 9.47 Å². The van der Waals surface area contributed by atoms with Crippen molar-refractivity contribution in [2.75, 3.05) is 24.8 Å². The highest BCUT2D eigenvalue weighted by molar-refractivity contribution is 8.01. The van der Waals surface area contributed by atoms with Crippen LogP contribution in [0.4, 0.5) is 5.13 Å². The van der Waals surface area contributed by atoms with Gasteiger partial charge in [-0.25, -0.2) is 0 Å². The Kier molecular flexibility index (Phi) is 6.13. The molecule has 0 unspecified atom stereocenters. The Labute approximate surface area is 144 Å². The number of nitrogens with one attached hydrogen (secondary N) is 1. The summed E-state index contributed by atoms with van der Waals surface area (Å²) in [5, 5.41) is 12.6. The number of methoxy groups -OCH3 is 1. The van der Waals surface area contributed by atoms with Crippen molar-refractivity contribution in [3.63, 3.8) is 0 Å². The summed E-state index contributed by atoms with van der Waals surface area (Å²) in [5.41, 5.74) is 1.19. The smallest absolute Gasteiger partial charge is 0.206 e. The van der Waals surface area contributed by atoms with Crippen LogP contribution in [0.5, 0.6) is 5.75 Å². The molecule has 1 fully saturated rings. The van der Waals surface area contributed by atoms with Crippen LogP contribution in [0, 0.1) is 0 Å². The first-order valence-electron chi connectivity index (χ1n) is 7.78. The first-order chi connectivity index (χ1) is 11.3. The van der Waals surface area contributed by atoms with E-state index in [1.807, 2.05) is 24.3 Å². The Morgan fingerprint density at radius 1 is 1.30 bits per heavy atom. The summed E-state index contributed by atoms with van der Waals surface area (Å²) in [6, 6.07) is 8.01. The molecule has 0 radical (unpaired) electrons. The van der Waals surface area contributed by atoms with Crippen molar-refractivity contribution in [3.8, 4) is 5.75 Å². The minimum atomic E-state index is 0.369. The third kappa shape index (κ3) is 5.09. The van der Waals surface area contributed by atoms with Gasteiger partial charge in [0.05, 0.1) is 13.2 Å². The van der Waals surface area contributed by atoms with Crippen LogP contribution in [-0.2, 0) is 11.3 Å². The van der Waals surface area contributed by atoms with E-state index < -0.39 is 0 Å². The molecule has 1 aliphatic rings. The fraction of sp³-hybridized carbons (Fsp3) is 0.500. The van der Waals surface area contributed by atoms with E-state index in [0.29, 0.717) is 6.10 Å². The van der Waals surface area contributed by atoms with Crippen molar-refractivity contribution in [2.45, 2.75) is 36.3 Å². The lowest BCUT2D eigenvalue weighted by Crippen LogP contribution is -2.21. The average Bonchev–Trinajstić information content (AvgIpc) is 3.07. The van der Waals surface area contributed by atoms with Crippen LogP contribution in [0.1, 0.15) is 24.8 Å². The maximum atomic E-state index is 5.74. The third-order valence-electron chi connectivity index (χ3n) is 3.68. The second-order valence-corrected chi connectivity index (χ2v) is 7.62. The third-order valence-corrected chi connectivity index (χ3v) is 5.82. The molecule has 1 aromatic heterocycles. The summed E-state index contributed by atoms with van der Waals surface area (Å²) in [7, 11) is 1.67. The molecule has 7 heteroatoms. The van der Waals surface area contributed by atoms with Crippen LogP contribution < -0.4 is 10.1 Å². The van der Waals surface area contributed by atoms with E-state index >= 15 is 0 Å². The SMILES string of the molecule is COc1ccc(CNc2nnc(SC[C@@H]3CCCCO3)s2)cc1. The van der Waals surface area contributed by atoms with E-state index in [9.17, 15) is 0 Å². The van der Waals surface area contributed by atoms with Gasteiger partial charge in [-0.1, -0.05) is 35.2 Å². The lowest BCUT2D eigenvalue weighted by molar-refractivity contribution is 0.0315. The molecular formula is C16H21N3O2S2. The molecule has 0 aliphatic carbocycles. The van der Waals surface area contributed by atoms with E-state index in [4.69, 9.17) is 9.47 Å². The van der Waals surface area contributed by atoms with Gasteiger partial charge >= 0.3 is 0 Å². The molecule has 5 nitrogen and oxygen atoms in total. The molecule has 23 heavy (non-hydrogen) atoms. The van der Waals surface area contributed by atoms with E-state index in [1.54, 1.807) is 30.2 Å². The normalized spacial score (nSPS) is 17.9. The van der Waals surface area contributed by atoms with Crippen molar-refractivity contribution in [3.05, 3.63) is 29.8 Å². The highest BCUT2D eigenvalue weighted by Gasteiger charge is 2.15. The summed E-state index contributed by atoms with van der Waals surface area (Å²) in [4.78, 5) is 0. The summed E-state index contributed by atoms with van der Waals surface area (Å²) in [5.74, 6) is 1.83. The molecule has 1 N–H and O–H groups in total. The fourth-order valence-corrected chi connectivity index (χ4v) is 4.20. The van der Waals surface area contributed by atoms with Crippen molar-refractivity contribution in [1.29, 1.82) is 0 Å². The van der Waals surface area contributed by atoms with Crippen LogP contribution in [0.15, 0.2) is 28.6 Å². The average molecular weight is 351 g/mol. The first-order valence-corrected chi connectivity index (χ1v) is 9.58. The Morgan fingerprint density at radius 3 is 2.91 bits per heavy atom. The van der Waals surface area contributed by atoms with E-state index in [0.717, 1.165) is 40.5 Å². The number of aromatic nitrogens is 2. The lowest BCUT2D eigenvalue weighted by Gasteiger charge is -2.21. The zero-order valence-corrected chi connectivity index (χ0v) is 14.8. The molecule has 0 spiro atoms. The number of nitrogens with zero attached hydrogens (tertiary/aromatic N) is 2. The van der Waals surface area contributed by atoms with Crippen LogP contribution >= 0.6 is 23.1 Å². The van der Waals surface area contributed by atoms with Gasteiger partial charge in [0.15, 0.2) is 4.34 Å². The molecule has 2 aromatic rings. The minimum absolute atomic E-state index is 0.369. The van der Waals surface area contributed by atoms with Gasteiger partial charge < -0.3 is 14.8 Å². The summed E-state index contributed by atoms with van der Waals surface area (Å²) >= 11 is 3.34.